The molecule has 4 nitrogen and oxygen atoms in total. The summed E-state index contributed by atoms with van der Waals surface area (Å²) in [6, 6.07) is 5.72. The minimum atomic E-state index is -0.414. The zero-order valence-corrected chi connectivity index (χ0v) is 11.5. The minimum Gasteiger partial charge on any atom is -0.398 e. The second-order valence-corrected chi connectivity index (χ2v) is 4.32. The number of benzene rings is 1. The Bertz CT molecular complexity index is 437. The largest absolute Gasteiger partial charge is 0.398 e. The van der Waals surface area contributed by atoms with Crippen LogP contribution in [-0.2, 0) is 16.0 Å². The van der Waals surface area contributed by atoms with Crippen molar-refractivity contribution in [3.63, 3.8) is 0 Å². The van der Waals surface area contributed by atoms with E-state index in [1.54, 1.807) is 18.9 Å². The first-order valence-corrected chi connectivity index (χ1v) is 5.86. The Labute approximate surface area is 114 Å². The molecule has 1 aromatic rings. The van der Waals surface area contributed by atoms with Gasteiger partial charge >= 0.3 is 0 Å². The van der Waals surface area contributed by atoms with Gasteiger partial charge < -0.3 is 15.4 Å². The van der Waals surface area contributed by atoms with Gasteiger partial charge in [0.25, 0.3) is 5.91 Å². The molecule has 0 radical (unpaired) electrons. The Hall–Kier alpha value is -1.26. The molecule has 0 fully saturated rings. The lowest BCUT2D eigenvalue weighted by atomic mass is 9.99. The van der Waals surface area contributed by atoms with Gasteiger partial charge in [0.15, 0.2) is 0 Å². The smallest absolute Gasteiger partial charge is 0.255 e. The Balaban J connectivity index is 0.00000162. The number of methoxy groups -OCH3 is 1. The fourth-order valence-electron chi connectivity index (χ4n) is 2.20. The number of halogens is 1. The van der Waals surface area contributed by atoms with Crippen LogP contribution in [-0.4, -0.2) is 25.7 Å². The van der Waals surface area contributed by atoms with E-state index in [9.17, 15) is 4.79 Å². The van der Waals surface area contributed by atoms with E-state index in [2.05, 4.69) is 0 Å². The van der Waals surface area contributed by atoms with Crippen LogP contribution in [0.15, 0.2) is 18.2 Å². The average Bonchev–Trinajstić information content (AvgIpc) is 2.37. The lowest BCUT2D eigenvalue weighted by molar-refractivity contribution is -0.127. The molecule has 1 aliphatic heterocycles. The summed E-state index contributed by atoms with van der Waals surface area (Å²) < 4.78 is 5.09. The highest BCUT2D eigenvalue weighted by atomic mass is 35.5. The van der Waals surface area contributed by atoms with Crippen molar-refractivity contribution in [3.05, 3.63) is 23.8 Å². The third-order valence-corrected chi connectivity index (χ3v) is 3.25. The number of carbonyl (C=O) groups excluding carboxylic acids is 1. The van der Waals surface area contributed by atoms with Crippen molar-refractivity contribution >= 4 is 29.7 Å². The van der Waals surface area contributed by atoms with Crippen LogP contribution in [0, 0.1) is 0 Å². The molecule has 1 amide bonds. The van der Waals surface area contributed by atoms with Crippen LogP contribution in [0.5, 0.6) is 0 Å². The maximum atomic E-state index is 12.2. The van der Waals surface area contributed by atoms with E-state index in [0.717, 1.165) is 36.3 Å². The quantitative estimate of drug-likeness (QED) is 0.837. The third-order valence-electron chi connectivity index (χ3n) is 3.25. The number of carbonyl (C=O) groups is 1. The topological polar surface area (TPSA) is 55.6 Å². The molecule has 1 heterocycles. The number of nitrogen functional groups attached to an aromatic ring is 1. The molecule has 0 saturated heterocycles. The average molecular weight is 271 g/mol. The number of hydrogen-bond acceptors (Lipinski definition) is 3. The van der Waals surface area contributed by atoms with E-state index in [4.69, 9.17) is 10.5 Å². The molecule has 100 valence electrons. The molecular weight excluding hydrogens is 252 g/mol. The summed E-state index contributed by atoms with van der Waals surface area (Å²) in [5.74, 6) is -0.000880. The van der Waals surface area contributed by atoms with Crippen LogP contribution in [0.2, 0.25) is 0 Å². The van der Waals surface area contributed by atoms with Gasteiger partial charge in [0.1, 0.15) is 6.10 Å². The first-order valence-electron chi connectivity index (χ1n) is 5.86. The van der Waals surface area contributed by atoms with E-state index in [1.165, 1.54) is 0 Å². The summed E-state index contributed by atoms with van der Waals surface area (Å²) in [5.41, 5.74) is 8.73. The first-order chi connectivity index (χ1) is 8.15. The van der Waals surface area contributed by atoms with Crippen molar-refractivity contribution in [2.45, 2.75) is 25.9 Å². The SMILES string of the molecule is COC(C)C(=O)N1CCCc2c(N)cccc21.Cl. The van der Waals surface area contributed by atoms with Gasteiger partial charge in [0.2, 0.25) is 0 Å². The molecule has 0 bridgehead atoms. The van der Waals surface area contributed by atoms with Gasteiger partial charge in [0, 0.05) is 25.0 Å². The fourth-order valence-corrected chi connectivity index (χ4v) is 2.20. The van der Waals surface area contributed by atoms with E-state index in [1.807, 2.05) is 18.2 Å². The van der Waals surface area contributed by atoms with Crippen molar-refractivity contribution in [1.29, 1.82) is 0 Å². The molecule has 1 aromatic carbocycles. The number of anilines is 2. The molecule has 0 aliphatic carbocycles. The van der Waals surface area contributed by atoms with Crippen LogP contribution in [0.4, 0.5) is 11.4 Å². The summed E-state index contributed by atoms with van der Waals surface area (Å²) in [7, 11) is 1.55. The lowest BCUT2D eigenvalue weighted by Gasteiger charge is -2.31. The number of nitrogens with two attached hydrogens (primary N) is 1. The van der Waals surface area contributed by atoms with Gasteiger partial charge in [-0.15, -0.1) is 12.4 Å². The zero-order valence-electron chi connectivity index (χ0n) is 10.7. The molecule has 18 heavy (non-hydrogen) atoms. The van der Waals surface area contributed by atoms with E-state index < -0.39 is 6.10 Å². The predicted molar refractivity (Wildman–Crippen MR) is 75.2 cm³/mol. The summed E-state index contributed by atoms with van der Waals surface area (Å²) >= 11 is 0. The predicted octanol–water partition coefficient (Wildman–Crippen LogP) is 2.00. The molecule has 1 atom stereocenters. The van der Waals surface area contributed by atoms with Gasteiger partial charge in [-0.2, -0.15) is 0 Å². The van der Waals surface area contributed by atoms with Crippen LogP contribution in [0.1, 0.15) is 18.9 Å². The molecule has 1 unspecified atom stereocenters. The third kappa shape index (κ3) is 2.60. The molecule has 0 aromatic heterocycles. The Kier molecular flexibility index (Phi) is 4.99. The molecular formula is C13H19ClN2O2. The first kappa shape index (κ1) is 14.8. The fraction of sp³-hybridized carbons (Fsp3) is 0.462. The van der Waals surface area contributed by atoms with Crippen molar-refractivity contribution in [2.24, 2.45) is 0 Å². The summed E-state index contributed by atoms with van der Waals surface area (Å²) in [5, 5.41) is 0. The maximum Gasteiger partial charge on any atom is 0.255 e. The molecule has 0 saturated carbocycles. The van der Waals surface area contributed by atoms with Crippen molar-refractivity contribution in [2.75, 3.05) is 24.3 Å². The second-order valence-electron chi connectivity index (χ2n) is 4.32. The standard InChI is InChI=1S/C13H18N2O2.ClH/c1-9(17-2)13(16)15-8-4-5-10-11(14)6-3-7-12(10)15;/h3,6-7,9H,4-5,8,14H2,1-2H3;1H. The Morgan fingerprint density at radius 2 is 2.22 bits per heavy atom. The summed E-state index contributed by atoms with van der Waals surface area (Å²) in [6.07, 6.45) is 1.47. The van der Waals surface area contributed by atoms with Gasteiger partial charge in [0.05, 0.1) is 0 Å². The Morgan fingerprint density at radius 3 is 2.89 bits per heavy atom. The van der Waals surface area contributed by atoms with Crippen LogP contribution in [0.25, 0.3) is 0 Å². The van der Waals surface area contributed by atoms with Crippen LogP contribution >= 0.6 is 12.4 Å². The molecule has 2 N–H and O–H groups in total. The normalized spacial score (nSPS) is 15.6. The number of ether oxygens (including phenoxy) is 1. The maximum absolute atomic E-state index is 12.2. The highest BCUT2D eigenvalue weighted by Crippen LogP contribution is 2.31. The second kappa shape index (κ2) is 6.07. The van der Waals surface area contributed by atoms with Gasteiger partial charge in [-0.3, -0.25) is 4.79 Å². The minimum absolute atomic E-state index is 0. The highest BCUT2D eigenvalue weighted by Gasteiger charge is 2.26. The number of hydrogen-bond donors (Lipinski definition) is 1. The molecule has 1 aliphatic rings. The van der Waals surface area contributed by atoms with Crippen molar-refractivity contribution in [3.8, 4) is 0 Å². The van der Waals surface area contributed by atoms with E-state index in [0.29, 0.717) is 0 Å². The van der Waals surface area contributed by atoms with E-state index in [-0.39, 0.29) is 18.3 Å². The monoisotopic (exact) mass is 270 g/mol. The number of rotatable bonds is 2. The highest BCUT2D eigenvalue weighted by molar-refractivity contribution is 5.98. The zero-order chi connectivity index (χ0) is 12.4. The Morgan fingerprint density at radius 1 is 1.50 bits per heavy atom. The lowest BCUT2D eigenvalue weighted by Crippen LogP contribution is -2.41. The van der Waals surface area contributed by atoms with Crippen LogP contribution in [0.3, 0.4) is 0 Å². The number of amides is 1. The molecule has 5 heteroatoms. The van der Waals surface area contributed by atoms with E-state index >= 15 is 0 Å². The van der Waals surface area contributed by atoms with Gasteiger partial charge in [-0.1, -0.05) is 6.07 Å². The molecule has 0 spiro atoms. The number of nitrogens with zero attached hydrogens (tertiary/aromatic N) is 1. The van der Waals surface area contributed by atoms with Crippen LogP contribution < -0.4 is 10.6 Å². The van der Waals surface area contributed by atoms with Crippen molar-refractivity contribution < 1.29 is 9.53 Å². The summed E-state index contributed by atoms with van der Waals surface area (Å²) in [6.45, 7) is 2.51. The molecule has 2 rings (SSSR count). The number of fused-ring (bicyclic) bond motifs is 1. The van der Waals surface area contributed by atoms with Crippen molar-refractivity contribution in [1.82, 2.24) is 0 Å². The van der Waals surface area contributed by atoms with Gasteiger partial charge in [-0.05, 0) is 37.5 Å². The van der Waals surface area contributed by atoms with Gasteiger partial charge in [-0.25, -0.2) is 0 Å². The summed E-state index contributed by atoms with van der Waals surface area (Å²) in [4.78, 5) is 13.9.